The summed E-state index contributed by atoms with van der Waals surface area (Å²) in [5.74, 6) is 0.0335. The predicted octanol–water partition coefficient (Wildman–Crippen LogP) is 1.23. The molecule has 1 saturated heterocycles. The van der Waals surface area contributed by atoms with E-state index in [4.69, 9.17) is 0 Å². The molecule has 1 fully saturated rings. The Labute approximate surface area is 128 Å². The second-order valence-corrected chi connectivity index (χ2v) is 5.92. The Morgan fingerprint density at radius 1 is 1.42 bits per heavy atom. The van der Waals surface area contributed by atoms with E-state index < -0.39 is 0 Å². The quantitative estimate of drug-likeness (QED) is 0.781. The van der Waals surface area contributed by atoms with Crippen LogP contribution in [0.4, 0.5) is 0 Å². The van der Waals surface area contributed by atoms with Crippen molar-refractivity contribution in [2.45, 2.75) is 6.92 Å². The zero-order valence-corrected chi connectivity index (χ0v) is 13.4. The third kappa shape index (κ3) is 4.15. The Morgan fingerprint density at radius 2 is 2.16 bits per heavy atom. The number of hydrogen-bond acceptors (Lipinski definition) is 3. The van der Waals surface area contributed by atoms with Crippen molar-refractivity contribution >= 4 is 28.5 Å². The lowest BCUT2D eigenvalue weighted by molar-refractivity contribution is 0.0946. The highest BCUT2D eigenvalue weighted by Crippen LogP contribution is 2.15. The standard InChI is InChI=1S/C14H20IN3O/c1-11-12(3-2-4-13(11)15)14(19)17-7-10-18-8-5-16-6-9-18/h2-4,16H,5-10H2,1H3,(H,17,19). The van der Waals surface area contributed by atoms with E-state index in [2.05, 4.69) is 38.1 Å². The molecule has 5 heteroatoms. The number of nitrogens with zero attached hydrogens (tertiary/aromatic N) is 1. The highest BCUT2D eigenvalue weighted by atomic mass is 127. The molecule has 0 bridgehead atoms. The summed E-state index contributed by atoms with van der Waals surface area (Å²) in [4.78, 5) is 14.5. The minimum absolute atomic E-state index is 0.0335. The van der Waals surface area contributed by atoms with Crippen molar-refractivity contribution in [2.24, 2.45) is 0 Å². The van der Waals surface area contributed by atoms with Crippen LogP contribution in [0.25, 0.3) is 0 Å². The molecule has 0 spiro atoms. The van der Waals surface area contributed by atoms with E-state index in [1.807, 2.05) is 25.1 Å². The van der Waals surface area contributed by atoms with Gasteiger partial charge in [-0.25, -0.2) is 0 Å². The number of amides is 1. The normalized spacial score (nSPS) is 16.3. The number of hydrogen-bond donors (Lipinski definition) is 2. The fourth-order valence-electron chi connectivity index (χ4n) is 2.21. The van der Waals surface area contributed by atoms with E-state index in [0.29, 0.717) is 6.54 Å². The van der Waals surface area contributed by atoms with Gasteiger partial charge in [0.05, 0.1) is 0 Å². The fourth-order valence-corrected chi connectivity index (χ4v) is 2.71. The lowest BCUT2D eigenvalue weighted by Crippen LogP contribution is -2.46. The molecule has 0 saturated carbocycles. The van der Waals surface area contributed by atoms with E-state index >= 15 is 0 Å². The summed E-state index contributed by atoms with van der Waals surface area (Å²) in [7, 11) is 0. The highest BCUT2D eigenvalue weighted by Gasteiger charge is 2.12. The van der Waals surface area contributed by atoms with Crippen molar-refractivity contribution in [2.75, 3.05) is 39.3 Å². The Bertz CT molecular complexity index is 444. The number of nitrogens with one attached hydrogen (secondary N) is 2. The van der Waals surface area contributed by atoms with Gasteiger partial charge in [0, 0.05) is 48.4 Å². The fraction of sp³-hybridized carbons (Fsp3) is 0.500. The molecule has 0 unspecified atom stereocenters. The molecule has 4 nitrogen and oxygen atoms in total. The van der Waals surface area contributed by atoms with Crippen LogP contribution in [-0.2, 0) is 0 Å². The SMILES string of the molecule is Cc1c(I)cccc1C(=O)NCCN1CCNCC1. The minimum Gasteiger partial charge on any atom is -0.351 e. The number of piperazine rings is 1. The molecular weight excluding hydrogens is 353 g/mol. The number of halogens is 1. The van der Waals surface area contributed by atoms with Gasteiger partial charge >= 0.3 is 0 Å². The summed E-state index contributed by atoms with van der Waals surface area (Å²) in [6, 6.07) is 5.84. The van der Waals surface area contributed by atoms with Crippen LogP contribution in [0.5, 0.6) is 0 Å². The molecule has 2 N–H and O–H groups in total. The van der Waals surface area contributed by atoms with E-state index in [9.17, 15) is 4.79 Å². The van der Waals surface area contributed by atoms with Gasteiger partial charge in [-0.15, -0.1) is 0 Å². The van der Waals surface area contributed by atoms with Gasteiger partial charge in [-0.2, -0.15) is 0 Å². The lowest BCUT2D eigenvalue weighted by atomic mass is 10.1. The third-order valence-electron chi connectivity index (χ3n) is 3.44. The topological polar surface area (TPSA) is 44.4 Å². The smallest absolute Gasteiger partial charge is 0.251 e. The maximum Gasteiger partial charge on any atom is 0.251 e. The zero-order chi connectivity index (χ0) is 13.7. The number of carbonyl (C=O) groups is 1. The van der Waals surface area contributed by atoms with E-state index in [1.54, 1.807) is 0 Å². The summed E-state index contributed by atoms with van der Waals surface area (Å²) in [5, 5.41) is 6.33. The molecule has 0 aliphatic carbocycles. The molecule has 0 atom stereocenters. The molecule has 1 aromatic rings. The maximum absolute atomic E-state index is 12.1. The van der Waals surface area contributed by atoms with Gasteiger partial charge in [-0.1, -0.05) is 6.07 Å². The Kier molecular flexibility index (Phi) is 5.59. The van der Waals surface area contributed by atoms with Crippen LogP contribution in [0.2, 0.25) is 0 Å². The Hall–Kier alpha value is -0.660. The average Bonchev–Trinajstić information content (AvgIpc) is 2.43. The van der Waals surface area contributed by atoms with Crippen molar-refractivity contribution in [3.05, 3.63) is 32.9 Å². The summed E-state index contributed by atoms with van der Waals surface area (Å²) in [6.45, 7) is 7.86. The summed E-state index contributed by atoms with van der Waals surface area (Å²) in [5.41, 5.74) is 1.84. The van der Waals surface area contributed by atoms with Gasteiger partial charge in [0.25, 0.3) is 5.91 Å². The lowest BCUT2D eigenvalue weighted by Gasteiger charge is -2.27. The van der Waals surface area contributed by atoms with Gasteiger partial charge in [0.15, 0.2) is 0 Å². The van der Waals surface area contributed by atoms with E-state index in [0.717, 1.165) is 47.4 Å². The van der Waals surface area contributed by atoms with Crippen LogP contribution < -0.4 is 10.6 Å². The minimum atomic E-state index is 0.0335. The van der Waals surface area contributed by atoms with Crippen molar-refractivity contribution < 1.29 is 4.79 Å². The first-order valence-electron chi connectivity index (χ1n) is 6.65. The van der Waals surface area contributed by atoms with Crippen molar-refractivity contribution in [1.29, 1.82) is 0 Å². The van der Waals surface area contributed by atoms with Crippen LogP contribution >= 0.6 is 22.6 Å². The molecule has 104 valence electrons. The molecule has 1 aromatic carbocycles. The molecule has 1 heterocycles. The van der Waals surface area contributed by atoms with Gasteiger partial charge in [-0.3, -0.25) is 9.69 Å². The van der Waals surface area contributed by atoms with Crippen LogP contribution in [-0.4, -0.2) is 50.1 Å². The number of carbonyl (C=O) groups excluding carboxylic acids is 1. The van der Waals surface area contributed by atoms with Gasteiger partial charge in [0.2, 0.25) is 0 Å². The Balaban J connectivity index is 1.82. The average molecular weight is 373 g/mol. The summed E-state index contributed by atoms with van der Waals surface area (Å²) >= 11 is 2.26. The van der Waals surface area contributed by atoms with Crippen LogP contribution in [0.3, 0.4) is 0 Å². The summed E-state index contributed by atoms with van der Waals surface area (Å²) in [6.07, 6.45) is 0. The first-order chi connectivity index (χ1) is 9.18. The van der Waals surface area contributed by atoms with Crippen LogP contribution in [0.1, 0.15) is 15.9 Å². The molecule has 19 heavy (non-hydrogen) atoms. The predicted molar refractivity (Wildman–Crippen MR) is 85.5 cm³/mol. The summed E-state index contributed by atoms with van der Waals surface area (Å²) < 4.78 is 1.13. The van der Waals surface area contributed by atoms with Crippen molar-refractivity contribution in [3.63, 3.8) is 0 Å². The Morgan fingerprint density at radius 3 is 2.89 bits per heavy atom. The van der Waals surface area contributed by atoms with Crippen LogP contribution in [0, 0.1) is 10.5 Å². The molecule has 2 rings (SSSR count). The second-order valence-electron chi connectivity index (χ2n) is 4.76. The van der Waals surface area contributed by atoms with Crippen molar-refractivity contribution in [1.82, 2.24) is 15.5 Å². The number of benzene rings is 1. The maximum atomic E-state index is 12.1. The third-order valence-corrected chi connectivity index (χ3v) is 4.60. The van der Waals surface area contributed by atoms with E-state index in [-0.39, 0.29) is 5.91 Å². The van der Waals surface area contributed by atoms with Crippen LogP contribution in [0.15, 0.2) is 18.2 Å². The van der Waals surface area contributed by atoms with Gasteiger partial charge < -0.3 is 10.6 Å². The second kappa shape index (κ2) is 7.21. The monoisotopic (exact) mass is 373 g/mol. The zero-order valence-electron chi connectivity index (χ0n) is 11.2. The molecule has 0 radical (unpaired) electrons. The molecule has 1 aliphatic heterocycles. The van der Waals surface area contributed by atoms with E-state index in [1.165, 1.54) is 0 Å². The first-order valence-corrected chi connectivity index (χ1v) is 7.73. The largest absolute Gasteiger partial charge is 0.351 e. The highest BCUT2D eigenvalue weighted by molar-refractivity contribution is 14.1. The first kappa shape index (κ1) is 14.7. The molecule has 1 aliphatic rings. The molecule has 0 aromatic heterocycles. The number of rotatable bonds is 4. The van der Waals surface area contributed by atoms with Gasteiger partial charge in [-0.05, 0) is 47.2 Å². The molecular formula is C14H20IN3O. The van der Waals surface area contributed by atoms with Crippen molar-refractivity contribution in [3.8, 4) is 0 Å². The molecule has 1 amide bonds. The van der Waals surface area contributed by atoms with Gasteiger partial charge in [0.1, 0.15) is 0 Å².